The molecule has 6 aromatic carbocycles. The highest BCUT2D eigenvalue weighted by Gasteiger charge is 2.36. The predicted molar refractivity (Wildman–Crippen MR) is 150 cm³/mol. The van der Waals surface area contributed by atoms with Gasteiger partial charge >= 0.3 is 0 Å². The van der Waals surface area contributed by atoms with Crippen LogP contribution in [0.4, 0.5) is 0 Å². The summed E-state index contributed by atoms with van der Waals surface area (Å²) < 4.78 is 1.11. The number of hydrogen-bond donors (Lipinski definition) is 0. The Hall–Kier alpha value is -3.42. The lowest BCUT2D eigenvalue weighted by Gasteiger charge is -2.23. The molecule has 0 atom stereocenters. The van der Waals surface area contributed by atoms with Crippen molar-refractivity contribution in [3.05, 3.63) is 119 Å². The zero-order valence-electron chi connectivity index (χ0n) is 19.2. The summed E-state index contributed by atoms with van der Waals surface area (Å²) in [7, 11) is 0. The van der Waals surface area contributed by atoms with Gasteiger partial charge in [-0.2, -0.15) is 0 Å². The van der Waals surface area contributed by atoms with Crippen molar-refractivity contribution in [2.75, 3.05) is 0 Å². The molecule has 0 heterocycles. The monoisotopic (exact) mass is 498 g/mol. The second kappa shape index (κ2) is 7.04. The van der Waals surface area contributed by atoms with Gasteiger partial charge in [-0.15, -0.1) is 0 Å². The molecule has 0 radical (unpaired) electrons. The van der Waals surface area contributed by atoms with E-state index in [-0.39, 0.29) is 5.41 Å². The summed E-state index contributed by atoms with van der Waals surface area (Å²) in [5.74, 6) is 0. The SMILES string of the molecule is CC1(C)c2cc(-c3ccc(Br)cc3)ccc2-c2cc3c4ccccc4c4ccccc4c3cc21. The van der Waals surface area contributed by atoms with Gasteiger partial charge in [0.05, 0.1) is 0 Å². The Bertz CT molecular complexity index is 1770. The maximum absolute atomic E-state index is 3.56. The third kappa shape index (κ3) is 2.71. The standard InChI is InChI=1S/C33H23Br/c1-33(2)31-17-21(20-11-14-22(34)15-12-20)13-16-27(31)30-18-28-25-9-5-3-7-23(25)24-8-4-6-10-26(24)29(28)19-32(30)33/h3-19H,1-2H3. The maximum Gasteiger partial charge on any atom is 0.0175 e. The van der Waals surface area contributed by atoms with Gasteiger partial charge in [-0.25, -0.2) is 0 Å². The minimum absolute atomic E-state index is 0.0586. The van der Waals surface area contributed by atoms with Gasteiger partial charge in [0.2, 0.25) is 0 Å². The van der Waals surface area contributed by atoms with Crippen molar-refractivity contribution in [2.45, 2.75) is 19.3 Å². The van der Waals surface area contributed by atoms with Crippen LogP contribution in [0.15, 0.2) is 108 Å². The molecule has 0 saturated carbocycles. The molecular formula is C33H23Br. The first-order chi connectivity index (χ1) is 16.5. The predicted octanol–water partition coefficient (Wildman–Crippen LogP) is 9.88. The molecular weight excluding hydrogens is 476 g/mol. The normalized spacial score (nSPS) is 14.0. The number of hydrogen-bond acceptors (Lipinski definition) is 0. The fourth-order valence-corrected chi connectivity index (χ4v) is 6.22. The molecule has 1 aliphatic rings. The van der Waals surface area contributed by atoms with E-state index in [1.165, 1.54) is 65.7 Å². The zero-order valence-corrected chi connectivity index (χ0v) is 20.8. The Morgan fingerprint density at radius 3 is 1.59 bits per heavy atom. The van der Waals surface area contributed by atoms with Crippen molar-refractivity contribution in [1.29, 1.82) is 0 Å². The fourth-order valence-electron chi connectivity index (χ4n) is 5.95. The van der Waals surface area contributed by atoms with Gasteiger partial charge in [0.15, 0.2) is 0 Å². The molecule has 1 aliphatic carbocycles. The molecule has 34 heavy (non-hydrogen) atoms. The minimum Gasteiger partial charge on any atom is -0.0616 e. The van der Waals surface area contributed by atoms with Crippen LogP contribution in [-0.2, 0) is 5.41 Å². The smallest absolute Gasteiger partial charge is 0.0175 e. The average Bonchev–Trinajstić information content (AvgIpc) is 3.09. The zero-order chi connectivity index (χ0) is 23.0. The molecule has 0 N–H and O–H groups in total. The first-order valence-electron chi connectivity index (χ1n) is 11.8. The molecule has 0 spiro atoms. The Kier molecular flexibility index (Phi) is 4.14. The Balaban J connectivity index is 1.54. The molecule has 0 bridgehead atoms. The van der Waals surface area contributed by atoms with Crippen molar-refractivity contribution < 1.29 is 0 Å². The number of fused-ring (bicyclic) bond motifs is 9. The molecule has 7 rings (SSSR count). The van der Waals surface area contributed by atoms with Crippen molar-refractivity contribution in [3.63, 3.8) is 0 Å². The third-order valence-corrected chi connectivity index (χ3v) is 8.24. The van der Waals surface area contributed by atoms with E-state index in [4.69, 9.17) is 0 Å². The highest BCUT2D eigenvalue weighted by molar-refractivity contribution is 9.10. The number of rotatable bonds is 1. The molecule has 0 fully saturated rings. The maximum atomic E-state index is 3.56. The fraction of sp³-hybridized carbons (Fsp3) is 0.0909. The Morgan fingerprint density at radius 2 is 0.971 bits per heavy atom. The second-order valence-corrected chi connectivity index (χ2v) is 10.8. The van der Waals surface area contributed by atoms with E-state index in [9.17, 15) is 0 Å². The topological polar surface area (TPSA) is 0 Å². The number of halogens is 1. The third-order valence-electron chi connectivity index (χ3n) is 7.72. The summed E-state index contributed by atoms with van der Waals surface area (Å²) in [5.41, 5.74) is 8.02. The van der Waals surface area contributed by atoms with Crippen LogP contribution in [0.25, 0.3) is 54.6 Å². The molecule has 0 unspecified atom stereocenters. The van der Waals surface area contributed by atoms with Crippen molar-refractivity contribution in [2.24, 2.45) is 0 Å². The molecule has 0 saturated heterocycles. The van der Waals surface area contributed by atoms with E-state index in [0.717, 1.165) is 4.47 Å². The van der Waals surface area contributed by atoms with Gasteiger partial charge in [-0.3, -0.25) is 0 Å². The minimum atomic E-state index is -0.0586. The van der Waals surface area contributed by atoms with E-state index < -0.39 is 0 Å². The molecule has 0 aromatic heterocycles. The lowest BCUT2D eigenvalue weighted by atomic mass is 9.80. The van der Waals surface area contributed by atoms with E-state index in [2.05, 4.69) is 133 Å². The lowest BCUT2D eigenvalue weighted by Crippen LogP contribution is -2.15. The van der Waals surface area contributed by atoms with Gasteiger partial charge in [-0.1, -0.05) is 103 Å². The van der Waals surface area contributed by atoms with Crippen LogP contribution < -0.4 is 0 Å². The van der Waals surface area contributed by atoms with Gasteiger partial charge < -0.3 is 0 Å². The van der Waals surface area contributed by atoms with Gasteiger partial charge in [0.1, 0.15) is 0 Å². The molecule has 0 amide bonds. The summed E-state index contributed by atoms with van der Waals surface area (Å²) in [6, 6.07) is 38.2. The Morgan fingerprint density at radius 1 is 0.471 bits per heavy atom. The number of benzene rings is 6. The van der Waals surface area contributed by atoms with Crippen molar-refractivity contribution >= 4 is 48.2 Å². The lowest BCUT2D eigenvalue weighted by molar-refractivity contribution is 0.661. The first-order valence-corrected chi connectivity index (χ1v) is 12.6. The highest BCUT2D eigenvalue weighted by Crippen LogP contribution is 2.52. The van der Waals surface area contributed by atoms with Crippen LogP contribution >= 0.6 is 15.9 Å². The van der Waals surface area contributed by atoms with Gasteiger partial charge in [0.25, 0.3) is 0 Å². The summed E-state index contributed by atoms with van der Waals surface area (Å²) in [5, 5.41) is 8.01. The summed E-state index contributed by atoms with van der Waals surface area (Å²) in [6.07, 6.45) is 0. The van der Waals surface area contributed by atoms with Gasteiger partial charge in [-0.05, 0) is 96.0 Å². The van der Waals surface area contributed by atoms with E-state index >= 15 is 0 Å². The molecule has 0 nitrogen and oxygen atoms in total. The van der Waals surface area contributed by atoms with Crippen LogP contribution in [0.2, 0.25) is 0 Å². The van der Waals surface area contributed by atoms with Gasteiger partial charge in [0, 0.05) is 9.89 Å². The summed E-state index contributed by atoms with van der Waals surface area (Å²) >= 11 is 3.56. The summed E-state index contributed by atoms with van der Waals surface area (Å²) in [4.78, 5) is 0. The largest absolute Gasteiger partial charge is 0.0616 e. The van der Waals surface area contributed by atoms with Crippen molar-refractivity contribution in [1.82, 2.24) is 0 Å². The van der Waals surface area contributed by atoms with E-state index in [1.807, 2.05) is 0 Å². The van der Waals surface area contributed by atoms with Crippen LogP contribution in [-0.4, -0.2) is 0 Å². The first kappa shape index (κ1) is 20.0. The second-order valence-electron chi connectivity index (χ2n) is 9.93. The average molecular weight is 499 g/mol. The molecule has 0 aliphatic heterocycles. The quantitative estimate of drug-likeness (QED) is 0.198. The van der Waals surface area contributed by atoms with E-state index in [0.29, 0.717) is 0 Å². The van der Waals surface area contributed by atoms with Crippen LogP contribution in [0, 0.1) is 0 Å². The molecule has 1 heteroatoms. The molecule has 162 valence electrons. The van der Waals surface area contributed by atoms with Crippen molar-refractivity contribution in [3.8, 4) is 22.3 Å². The van der Waals surface area contributed by atoms with Crippen LogP contribution in [0.1, 0.15) is 25.0 Å². The summed E-state index contributed by atoms with van der Waals surface area (Å²) in [6.45, 7) is 4.75. The van der Waals surface area contributed by atoms with E-state index in [1.54, 1.807) is 0 Å². The molecule has 6 aromatic rings. The van der Waals surface area contributed by atoms with Crippen LogP contribution in [0.3, 0.4) is 0 Å². The Labute approximate surface area is 208 Å². The van der Waals surface area contributed by atoms with Crippen LogP contribution in [0.5, 0.6) is 0 Å². The highest BCUT2D eigenvalue weighted by atomic mass is 79.9.